The minimum absolute atomic E-state index is 0.0428. The summed E-state index contributed by atoms with van der Waals surface area (Å²) < 4.78 is 0. The van der Waals surface area contributed by atoms with Crippen LogP contribution in [0, 0.1) is 17.8 Å². The predicted octanol–water partition coefficient (Wildman–Crippen LogP) is 3.39. The van der Waals surface area contributed by atoms with Crippen molar-refractivity contribution in [2.45, 2.75) is 58.5 Å². The molecule has 2 aliphatic rings. The van der Waals surface area contributed by atoms with Crippen LogP contribution in [0.15, 0.2) is 24.3 Å². The van der Waals surface area contributed by atoms with Gasteiger partial charge in [-0.3, -0.25) is 9.59 Å². The first-order valence-electron chi connectivity index (χ1n) is 9.37. The Morgan fingerprint density at radius 1 is 1.04 bits per heavy atom. The van der Waals surface area contributed by atoms with Gasteiger partial charge in [-0.25, -0.2) is 0 Å². The van der Waals surface area contributed by atoms with Gasteiger partial charge in [-0.1, -0.05) is 6.42 Å². The van der Waals surface area contributed by atoms with E-state index < -0.39 is 0 Å². The van der Waals surface area contributed by atoms with Gasteiger partial charge in [0.25, 0.3) is 0 Å². The third-order valence-corrected chi connectivity index (χ3v) is 5.79. The van der Waals surface area contributed by atoms with Gasteiger partial charge in [-0.2, -0.15) is 0 Å². The van der Waals surface area contributed by atoms with Gasteiger partial charge in [0.1, 0.15) is 6.04 Å². The fourth-order valence-electron chi connectivity index (χ4n) is 4.53. The Labute approximate surface area is 150 Å². The van der Waals surface area contributed by atoms with Gasteiger partial charge in [0.15, 0.2) is 0 Å². The number of benzene rings is 1. The highest BCUT2D eigenvalue weighted by molar-refractivity contribution is 5.89. The Kier molecular flexibility index (Phi) is 5.30. The summed E-state index contributed by atoms with van der Waals surface area (Å²) in [5, 5.41) is 9.17. The average molecular weight is 343 g/mol. The highest BCUT2D eigenvalue weighted by atomic mass is 16.2. The molecule has 2 saturated carbocycles. The van der Waals surface area contributed by atoms with Gasteiger partial charge in [-0.05, 0) is 75.1 Å². The lowest BCUT2D eigenvalue weighted by molar-refractivity contribution is -0.122. The van der Waals surface area contributed by atoms with Crippen molar-refractivity contribution in [3.63, 3.8) is 0 Å². The van der Waals surface area contributed by atoms with E-state index in [1.165, 1.54) is 32.6 Å². The Hall–Kier alpha value is -2.04. The zero-order valence-corrected chi connectivity index (χ0v) is 15.3. The SMILES string of the molecule is CC(=O)Nc1ccc(N[C@H](C)C(=O)N[C@@H](C)[C@H]2C[C@H]3CC[C@H]2C3)cc1. The number of rotatable bonds is 6. The third kappa shape index (κ3) is 4.33. The van der Waals surface area contributed by atoms with E-state index in [1.54, 1.807) is 0 Å². The average Bonchev–Trinajstić information content (AvgIpc) is 3.19. The summed E-state index contributed by atoms with van der Waals surface area (Å²) in [6.07, 6.45) is 5.36. The summed E-state index contributed by atoms with van der Waals surface area (Å²) >= 11 is 0. The molecule has 0 radical (unpaired) electrons. The normalized spacial score (nSPS) is 26.8. The van der Waals surface area contributed by atoms with E-state index in [-0.39, 0.29) is 23.9 Å². The largest absolute Gasteiger partial charge is 0.374 e. The fourth-order valence-corrected chi connectivity index (χ4v) is 4.53. The Morgan fingerprint density at radius 2 is 1.72 bits per heavy atom. The maximum atomic E-state index is 12.5. The van der Waals surface area contributed by atoms with Gasteiger partial charge < -0.3 is 16.0 Å². The van der Waals surface area contributed by atoms with Crippen LogP contribution in [0.5, 0.6) is 0 Å². The second-order valence-corrected chi connectivity index (χ2v) is 7.76. The Bertz CT molecular complexity index is 628. The van der Waals surface area contributed by atoms with Crippen molar-refractivity contribution >= 4 is 23.2 Å². The second kappa shape index (κ2) is 7.46. The first-order valence-corrected chi connectivity index (χ1v) is 9.37. The van der Waals surface area contributed by atoms with E-state index in [9.17, 15) is 9.59 Å². The lowest BCUT2D eigenvalue weighted by Crippen LogP contribution is -2.46. The molecule has 25 heavy (non-hydrogen) atoms. The molecular weight excluding hydrogens is 314 g/mol. The minimum Gasteiger partial charge on any atom is -0.374 e. The molecular formula is C20H29N3O2. The number of carbonyl (C=O) groups is 2. The van der Waals surface area contributed by atoms with E-state index in [0.29, 0.717) is 5.92 Å². The minimum atomic E-state index is -0.298. The van der Waals surface area contributed by atoms with Crippen molar-refractivity contribution in [2.75, 3.05) is 10.6 Å². The lowest BCUT2D eigenvalue weighted by Gasteiger charge is -2.29. The predicted molar refractivity (Wildman–Crippen MR) is 100 cm³/mol. The van der Waals surface area contributed by atoms with Gasteiger partial charge in [-0.15, -0.1) is 0 Å². The zero-order valence-electron chi connectivity index (χ0n) is 15.3. The topological polar surface area (TPSA) is 70.2 Å². The van der Waals surface area contributed by atoms with Crippen LogP contribution in [0.3, 0.4) is 0 Å². The number of amides is 2. The van der Waals surface area contributed by atoms with E-state index >= 15 is 0 Å². The fraction of sp³-hybridized carbons (Fsp3) is 0.600. The molecule has 2 aliphatic carbocycles. The molecule has 0 spiro atoms. The first kappa shape index (κ1) is 17.8. The molecule has 2 amide bonds. The summed E-state index contributed by atoms with van der Waals surface area (Å²) in [6.45, 7) is 5.51. The second-order valence-electron chi connectivity index (χ2n) is 7.76. The molecule has 0 heterocycles. The van der Waals surface area contributed by atoms with E-state index in [4.69, 9.17) is 0 Å². The molecule has 3 N–H and O–H groups in total. The first-order chi connectivity index (χ1) is 11.9. The van der Waals surface area contributed by atoms with Crippen LogP contribution in [0.25, 0.3) is 0 Å². The standard InChI is InChI=1S/C20H29N3O2/c1-12(19-11-15-4-5-16(19)10-15)22-20(25)13(2)21-17-6-8-18(9-7-17)23-14(3)24/h6-9,12-13,15-16,19,21H,4-5,10-11H2,1-3H3,(H,22,25)(H,23,24)/t12-,13+,15-,16-,19+/m0/s1. The van der Waals surface area contributed by atoms with Crippen LogP contribution in [0.2, 0.25) is 0 Å². The summed E-state index contributed by atoms with van der Waals surface area (Å²) in [5.74, 6) is 2.30. The summed E-state index contributed by atoms with van der Waals surface area (Å²) in [6, 6.07) is 7.34. The van der Waals surface area contributed by atoms with Crippen LogP contribution in [0.4, 0.5) is 11.4 Å². The number of carbonyl (C=O) groups excluding carboxylic acids is 2. The molecule has 0 aromatic heterocycles. The third-order valence-electron chi connectivity index (χ3n) is 5.79. The number of hydrogen-bond donors (Lipinski definition) is 3. The molecule has 0 aliphatic heterocycles. The molecule has 136 valence electrons. The number of nitrogens with one attached hydrogen (secondary N) is 3. The summed E-state index contributed by atoms with van der Waals surface area (Å²) in [5.41, 5.74) is 1.62. The van der Waals surface area contributed by atoms with Crippen molar-refractivity contribution < 1.29 is 9.59 Å². The maximum absolute atomic E-state index is 12.5. The van der Waals surface area contributed by atoms with Crippen LogP contribution >= 0.6 is 0 Å². The van der Waals surface area contributed by atoms with Gasteiger partial charge in [0, 0.05) is 24.3 Å². The number of anilines is 2. The molecule has 1 aromatic rings. The van der Waals surface area contributed by atoms with Crippen molar-refractivity contribution in [3.8, 4) is 0 Å². The van der Waals surface area contributed by atoms with Gasteiger partial charge in [0.2, 0.25) is 11.8 Å². The lowest BCUT2D eigenvalue weighted by atomic mass is 9.84. The van der Waals surface area contributed by atoms with Crippen LogP contribution in [-0.2, 0) is 9.59 Å². The van der Waals surface area contributed by atoms with E-state index in [2.05, 4.69) is 22.9 Å². The monoisotopic (exact) mass is 343 g/mol. The molecule has 3 rings (SSSR count). The van der Waals surface area contributed by atoms with Crippen molar-refractivity contribution in [2.24, 2.45) is 17.8 Å². The smallest absolute Gasteiger partial charge is 0.242 e. The molecule has 0 saturated heterocycles. The zero-order chi connectivity index (χ0) is 18.0. The molecule has 5 atom stereocenters. The molecule has 1 aromatic carbocycles. The highest BCUT2D eigenvalue weighted by Crippen LogP contribution is 2.49. The van der Waals surface area contributed by atoms with E-state index in [1.807, 2.05) is 31.2 Å². The quantitative estimate of drug-likeness (QED) is 0.741. The van der Waals surface area contributed by atoms with Crippen molar-refractivity contribution in [1.82, 2.24) is 5.32 Å². The molecule has 5 heteroatoms. The molecule has 5 nitrogen and oxygen atoms in total. The van der Waals surface area contributed by atoms with Crippen LogP contribution in [-0.4, -0.2) is 23.9 Å². The van der Waals surface area contributed by atoms with Crippen molar-refractivity contribution in [3.05, 3.63) is 24.3 Å². The highest BCUT2D eigenvalue weighted by Gasteiger charge is 2.42. The van der Waals surface area contributed by atoms with E-state index in [0.717, 1.165) is 23.2 Å². The van der Waals surface area contributed by atoms with Crippen LogP contribution in [0.1, 0.15) is 46.5 Å². The Balaban J connectivity index is 1.49. The van der Waals surface area contributed by atoms with Crippen molar-refractivity contribution in [1.29, 1.82) is 0 Å². The Morgan fingerprint density at radius 3 is 2.28 bits per heavy atom. The molecule has 2 bridgehead atoms. The summed E-state index contributed by atoms with van der Waals surface area (Å²) in [4.78, 5) is 23.5. The maximum Gasteiger partial charge on any atom is 0.242 e. The van der Waals surface area contributed by atoms with Crippen LogP contribution < -0.4 is 16.0 Å². The molecule has 2 fully saturated rings. The number of fused-ring (bicyclic) bond motifs is 2. The van der Waals surface area contributed by atoms with Gasteiger partial charge >= 0.3 is 0 Å². The summed E-state index contributed by atoms with van der Waals surface area (Å²) in [7, 11) is 0. The van der Waals surface area contributed by atoms with Gasteiger partial charge in [0.05, 0.1) is 0 Å². The number of hydrogen-bond acceptors (Lipinski definition) is 3. The molecule has 0 unspecified atom stereocenters.